The van der Waals surface area contributed by atoms with Crippen molar-refractivity contribution in [1.82, 2.24) is 9.62 Å². The average molecular weight is 443 g/mol. The molecular weight excluding hydrogens is 416 g/mol. The molecule has 0 spiro atoms. The first-order valence-corrected chi connectivity index (χ1v) is 11.8. The molecule has 0 bridgehead atoms. The standard InChI is InChI=1S/C20H27ClN2O5S/c1-28-19(25)20(10-4-5-11-20)22-18(24)15-8-9-16(21)17(14-15)29(26,27)23-12-6-2-3-7-13-23/h8-9,14H,2-7,10-13H2,1H3,(H,22,24). The van der Waals surface area contributed by atoms with E-state index in [-0.39, 0.29) is 15.5 Å². The van der Waals surface area contributed by atoms with Gasteiger partial charge >= 0.3 is 5.97 Å². The van der Waals surface area contributed by atoms with Crippen molar-refractivity contribution < 1.29 is 22.7 Å². The van der Waals surface area contributed by atoms with Crippen molar-refractivity contribution >= 4 is 33.5 Å². The lowest BCUT2D eigenvalue weighted by molar-refractivity contribution is -0.148. The summed E-state index contributed by atoms with van der Waals surface area (Å²) < 4.78 is 32.6. The minimum Gasteiger partial charge on any atom is -0.467 e. The van der Waals surface area contributed by atoms with Crippen LogP contribution in [0.15, 0.2) is 23.1 Å². The minimum absolute atomic E-state index is 0.0766. The quantitative estimate of drug-likeness (QED) is 0.707. The number of hydrogen-bond acceptors (Lipinski definition) is 5. The Labute approximate surface area is 176 Å². The molecule has 9 heteroatoms. The molecule has 29 heavy (non-hydrogen) atoms. The van der Waals surface area contributed by atoms with Gasteiger partial charge in [0.05, 0.1) is 12.1 Å². The topological polar surface area (TPSA) is 92.8 Å². The second kappa shape index (κ2) is 9.02. The van der Waals surface area contributed by atoms with Crippen LogP contribution in [0.3, 0.4) is 0 Å². The van der Waals surface area contributed by atoms with Gasteiger partial charge in [0.2, 0.25) is 10.0 Å². The van der Waals surface area contributed by atoms with Gasteiger partial charge in [0.25, 0.3) is 5.91 Å². The summed E-state index contributed by atoms with van der Waals surface area (Å²) >= 11 is 6.20. The second-order valence-corrected chi connectivity index (χ2v) is 10.0. The molecule has 1 aliphatic heterocycles. The lowest BCUT2D eigenvalue weighted by atomic mass is 9.97. The lowest BCUT2D eigenvalue weighted by Crippen LogP contribution is -2.53. The van der Waals surface area contributed by atoms with E-state index >= 15 is 0 Å². The van der Waals surface area contributed by atoms with E-state index in [4.69, 9.17) is 16.3 Å². The highest BCUT2D eigenvalue weighted by molar-refractivity contribution is 7.89. The summed E-state index contributed by atoms with van der Waals surface area (Å²) in [5.74, 6) is -0.990. The summed E-state index contributed by atoms with van der Waals surface area (Å²) in [6.07, 6.45) is 6.22. The van der Waals surface area contributed by atoms with E-state index in [0.717, 1.165) is 38.5 Å². The third kappa shape index (κ3) is 4.59. The highest BCUT2D eigenvalue weighted by atomic mass is 35.5. The molecular formula is C20H27ClN2O5S. The number of esters is 1. The smallest absolute Gasteiger partial charge is 0.331 e. The van der Waals surface area contributed by atoms with E-state index in [1.165, 1.54) is 29.6 Å². The maximum Gasteiger partial charge on any atom is 0.331 e. The molecule has 0 atom stereocenters. The van der Waals surface area contributed by atoms with Gasteiger partial charge in [0, 0.05) is 18.7 Å². The first-order valence-electron chi connectivity index (χ1n) is 10.0. The number of hydrogen-bond donors (Lipinski definition) is 1. The van der Waals surface area contributed by atoms with Crippen LogP contribution in [0, 0.1) is 0 Å². The van der Waals surface area contributed by atoms with E-state index < -0.39 is 27.4 Å². The molecule has 2 fully saturated rings. The Balaban J connectivity index is 1.88. The molecule has 1 aliphatic carbocycles. The number of halogens is 1. The van der Waals surface area contributed by atoms with Crippen LogP contribution in [0.2, 0.25) is 5.02 Å². The van der Waals surface area contributed by atoms with Crippen molar-refractivity contribution in [2.45, 2.75) is 61.8 Å². The molecule has 160 valence electrons. The molecule has 0 radical (unpaired) electrons. The normalized spacial score (nSPS) is 20.1. The SMILES string of the molecule is COC(=O)C1(NC(=O)c2ccc(Cl)c(S(=O)(=O)N3CCCCCC3)c2)CCCC1. The number of rotatable bonds is 5. The number of benzene rings is 1. The number of amides is 1. The number of nitrogens with zero attached hydrogens (tertiary/aromatic N) is 1. The Hall–Kier alpha value is -1.64. The lowest BCUT2D eigenvalue weighted by Gasteiger charge is -2.27. The van der Waals surface area contributed by atoms with Crippen molar-refractivity contribution in [3.63, 3.8) is 0 Å². The largest absolute Gasteiger partial charge is 0.467 e. The van der Waals surface area contributed by atoms with Gasteiger partial charge in [-0.25, -0.2) is 13.2 Å². The van der Waals surface area contributed by atoms with Gasteiger partial charge in [-0.05, 0) is 43.9 Å². The van der Waals surface area contributed by atoms with Crippen LogP contribution in [0.4, 0.5) is 0 Å². The summed E-state index contributed by atoms with van der Waals surface area (Å²) in [5.41, 5.74) is -0.909. The molecule has 3 rings (SSSR count). The zero-order chi connectivity index (χ0) is 21.1. The molecule has 1 saturated heterocycles. The fourth-order valence-electron chi connectivity index (χ4n) is 4.11. The van der Waals surface area contributed by atoms with Gasteiger partial charge in [0.15, 0.2) is 0 Å². The first kappa shape index (κ1) is 22.1. The highest BCUT2D eigenvalue weighted by Gasteiger charge is 2.43. The van der Waals surface area contributed by atoms with Gasteiger partial charge in [-0.3, -0.25) is 4.79 Å². The molecule has 1 heterocycles. The van der Waals surface area contributed by atoms with Gasteiger partial charge in [-0.2, -0.15) is 4.31 Å². The van der Waals surface area contributed by atoms with Crippen molar-refractivity contribution in [2.75, 3.05) is 20.2 Å². The fourth-order valence-corrected chi connectivity index (χ4v) is 6.12. The van der Waals surface area contributed by atoms with Crippen molar-refractivity contribution in [2.24, 2.45) is 0 Å². The molecule has 7 nitrogen and oxygen atoms in total. The Morgan fingerprint density at radius 1 is 1.07 bits per heavy atom. The van der Waals surface area contributed by atoms with Crippen LogP contribution < -0.4 is 5.32 Å². The molecule has 1 aromatic rings. The molecule has 1 amide bonds. The van der Waals surface area contributed by atoms with Gasteiger partial charge in [-0.1, -0.05) is 37.3 Å². The Morgan fingerprint density at radius 3 is 2.28 bits per heavy atom. The number of nitrogens with one attached hydrogen (secondary N) is 1. The van der Waals surface area contributed by atoms with Gasteiger partial charge in [0.1, 0.15) is 10.4 Å². The molecule has 1 saturated carbocycles. The van der Waals surface area contributed by atoms with Crippen molar-refractivity contribution in [3.05, 3.63) is 28.8 Å². The highest BCUT2D eigenvalue weighted by Crippen LogP contribution is 2.32. The first-order chi connectivity index (χ1) is 13.8. The number of sulfonamides is 1. The van der Waals surface area contributed by atoms with Crippen LogP contribution in [-0.2, 0) is 19.6 Å². The monoisotopic (exact) mass is 442 g/mol. The van der Waals surface area contributed by atoms with Gasteiger partial charge in [-0.15, -0.1) is 0 Å². The Morgan fingerprint density at radius 2 is 1.69 bits per heavy atom. The molecule has 1 aromatic carbocycles. The third-order valence-electron chi connectivity index (χ3n) is 5.76. The van der Waals surface area contributed by atoms with Gasteiger partial charge < -0.3 is 10.1 Å². The number of carbonyl (C=O) groups is 2. The van der Waals surface area contributed by atoms with Crippen LogP contribution in [0.1, 0.15) is 61.7 Å². The zero-order valence-corrected chi connectivity index (χ0v) is 18.2. The molecule has 1 N–H and O–H groups in total. The van der Waals surface area contributed by atoms with E-state index in [0.29, 0.717) is 25.9 Å². The van der Waals surface area contributed by atoms with Crippen LogP contribution in [0.25, 0.3) is 0 Å². The van der Waals surface area contributed by atoms with Crippen molar-refractivity contribution in [1.29, 1.82) is 0 Å². The van der Waals surface area contributed by atoms with Crippen LogP contribution >= 0.6 is 11.6 Å². The maximum absolute atomic E-state index is 13.1. The van der Waals surface area contributed by atoms with Crippen LogP contribution in [0.5, 0.6) is 0 Å². The molecule has 2 aliphatic rings. The van der Waals surface area contributed by atoms with Crippen LogP contribution in [-0.4, -0.2) is 50.3 Å². The Bertz CT molecular complexity index is 873. The third-order valence-corrected chi connectivity index (χ3v) is 8.14. The summed E-state index contributed by atoms with van der Waals surface area (Å²) in [7, 11) is -2.51. The molecule has 0 unspecified atom stereocenters. The summed E-state index contributed by atoms with van der Waals surface area (Å²) in [6, 6.07) is 4.19. The second-order valence-electron chi connectivity index (χ2n) is 7.70. The summed E-state index contributed by atoms with van der Waals surface area (Å²) in [6.45, 7) is 0.890. The fraction of sp³-hybridized carbons (Fsp3) is 0.600. The molecule has 0 aromatic heterocycles. The Kier molecular flexibility index (Phi) is 6.86. The zero-order valence-electron chi connectivity index (χ0n) is 16.6. The number of ether oxygens (including phenoxy) is 1. The minimum atomic E-state index is -3.81. The van der Waals surface area contributed by atoms with E-state index in [1.54, 1.807) is 0 Å². The number of carbonyl (C=O) groups excluding carboxylic acids is 2. The predicted molar refractivity (Wildman–Crippen MR) is 109 cm³/mol. The summed E-state index contributed by atoms with van der Waals surface area (Å²) in [4.78, 5) is 25.1. The maximum atomic E-state index is 13.1. The summed E-state index contributed by atoms with van der Waals surface area (Å²) in [5, 5.41) is 2.86. The van der Waals surface area contributed by atoms with Crippen molar-refractivity contribution in [3.8, 4) is 0 Å². The average Bonchev–Trinajstić information content (AvgIpc) is 3.00. The van der Waals surface area contributed by atoms with E-state index in [1.807, 2.05) is 0 Å². The van der Waals surface area contributed by atoms with E-state index in [2.05, 4.69) is 5.32 Å². The predicted octanol–water partition coefficient (Wildman–Crippen LogP) is 3.12. The van der Waals surface area contributed by atoms with E-state index in [9.17, 15) is 18.0 Å². The number of methoxy groups -OCH3 is 1.